The Bertz CT molecular complexity index is 713. The molecule has 5 nitrogen and oxygen atoms in total. The van der Waals surface area contributed by atoms with Crippen LogP contribution in [0.2, 0.25) is 0 Å². The highest BCUT2D eigenvalue weighted by Crippen LogP contribution is 2.17. The van der Waals surface area contributed by atoms with Gasteiger partial charge in [0.15, 0.2) is 0 Å². The lowest BCUT2D eigenvalue weighted by Crippen LogP contribution is -2.27. The van der Waals surface area contributed by atoms with Crippen molar-refractivity contribution in [1.82, 2.24) is 15.2 Å². The molecule has 130 valence electrons. The molecule has 3 rings (SSSR count). The number of pyridine rings is 1. The van der Waals surface area contributed by atoms with Gasteiger partial charge in [-0.3, -0.25) is 9.59 Å². The average molecular weight is 355 g/mol. The van der Waals surface area contributed by atoms with E-state index in [1.807, 2.05) is 35.2 Å². The fraction of sp³-hybridized carbons (Fsp3) is 0.316. The summed E-state index contributed by atoms with van der Waals surface area (Å²) in [6.45, 7) is 2.19. The minimum Gasteiger partial charge on any atom is -0.351 e. The number of amides is 2. The summed E-state index contributed by atoms with van der Waals surface area (Å²) in [5.41, 5.74) is 1.68. The molecule has 0 atom stereocenters. The highest BCUT2D eigenvalue weighted by Gasteiger charge is 2.19. The van der Waals surface area contributed by atoms with E-state index < -0.39 is 0 Å². The maximum atomic E-state index is 12.3. The van der Waals surface area contributed by atoms with Crippen molar-refractivity contribution in [1.29, 1.82) is 0 Å². The number of likely N-dealkylation sites (tertiary alicyclic amines) is 1. The zero-order valence-corrected chi connectivity index (χ0v) is 14.8. The molecule has 2 aromatic rings. The van der Waals surface area contributed by atoms with Gasteiger partial charge in [-0.15, -0.1) is 0 Å². The number of thioether (sulfide) groups is 1. The molecule has 1 N–H and O–H groups in total. The van der Waals surface area contributed by atoms with Crippen LogP contribution in [0.15, 0.2) is 53.7 Å². The van der Waals surface area contributed by atoms with Crippen LogP contribution in [0.5, 0.6) is 0 Å². The molecule has 1 aliphatic heterocycles. The van der Waals surface area contributed by atoms with Crippen LogP contribution in [0, 0.1) is 0 Å². The number of hydrogen-bond acceptors (Lipinski definition) is 4. The van der Waals surface area contributed by atoms with Crippen LogP contribution in [-0.4, -0.2) is 40.5 Å². The molecule has 0 bridgehead atoms. The first-order chi connectivity index (χ1) is 12.2. The molecular formula is C19H21N3O2S. The van der Waals surface area contributed by atoms with Crippen molar-refractivity contribution in [3.8, 4) is 0 Å². The second-order valence-electron chi connectivity index (χ2n) is 5.94. The van der Waals surface area contributed by atoms with Crippen LogP contribution in [0.4, 0.5) is 0 Å². The molecule has 1 saturated heterocycles. The SMILES string of the molecule is O=C(CSc1ccc(C(=O)N2CCCC2)cn1)NCc1ccccc1. The summed E-state index contributed by atoms with van der Waals surface area (Å²) >= 11 is 1.37. The van der Waals surface area contributed by atoms with E-state index in [2.05, 4.69) is 10.3 Å². The third-order valence-corrected chi connectivity index (χ3v) is 5.00. The molecule has 0 saturated carbocycles. The third kappa shape index (κ3) is 5.06. The van der Waals surface area contributed by atoms with Crippen molar-refractivity contribution < 1.29 is 9.59 Å². The minimum atomic E-state index is -0.0344. The first-order valence-corrected chi connectivity index (χ1v) is 9.40. The number of aromatic nitrogens is 1. The largest absolute Gasteiger partial charge is 0.351 e. The molecular weight excluding hydrogens is 334 g/mol. The highest BCUT2D eigenvalue weighted by molar-refractivity contribution is 7.99. The van der Waals surface area contributed by atoms with Crippen molar-refractivity contribution in [2.45, 2.75) is 24.4 Å². The van der Waals surface area contributed by atoms with Crippen LogP contribution in [0.3, 0.4) is 0 Å². The highest BCUT2D eigenvalue weighted by atomic mass is 32.2. The Morgan fingerprint density at radius 3 is 2.52 bits per heavy atom. The number of carbonyl (C=O) groups excluding carboxylic acids is 2. The molecule has 6 heteroatoms. The second-order valence-corrected chi connectivity index (χ2v) is 6.93. The molecule has 0 radical (unpaired) electrons. The van der Waals surface area contributed by atoms with Gasteiger partial charge in [-0.2, -0.15) is 0 Å². The lowest BCUT2D eigenvalue weighted by atomic mass is 10.2. The maximum absolute atomic E-state index is 12.3. The molecule has 2 amide bonds. The Hall–Kier alpha value is -2.34. The van der Waals surface area contributed by atoms with E-state index in [1.54, 1.807) is 18.3 Å². The minimum absolute atomic E-state index is 0.0344. The fourth-order valence-corrected chi connectivity index (χ4v) is 3.35. The van der Waals surface area contributed by atoms with Gasteiger partial charge in [0, 0.05) is 25.8 Å². The monoisotopic (exact) mass is 355 g/mol. The molecule has 1 aromatic heterocycles. The van der Waals surface area contributed by atoms with Crippen molar-refractivity contribution >= 4 is 23.6 Å². The van der Waals surface area contributed by atoms with Gasteiger partial charge in [0.2, 0.25) is 5.91 Å². The van der Waals surface area contributed by atoms with Gasteiger partial charge in [-0.25, -0.2) is 4.98 Å². The van der Waals surface area contributed by atoms with Gasteiger partial charge in [-0.1, -0.05) is 42.1 Å². The van der Waals surface area contributed by atoms with Gasteiger partial charge >= 0.3 is 0 Å². The normalized spacial score (nSPS) is 13.7. The summed E-state index contributed by atoms with van der Waals surface area (Å²) in [5.74, 6) is 0.314. The summed E-state index contributed by atoms with van der Waals surface area (Å²) in [4.78, 5) is 30.3. The third-order valence-electron chi connectivity index (χ3n) is 4.06. The van der Waals surface area contributed by atoms with Crippen molar-refractivity contribution in [3.05, 3.63) is 59.8 Å². The van der Waals surface area contributed by atoms with Crippen LogP contribution >= 0.6 is 11.8 Å². The zero-order chi connectivity index (χ0) is 17.5. The maximum Gasteiger partial charge on any atom is 0.255 e. The summed E-state index contributed by atoms with van der Waals surface area (Å²) in [6, 6.07) is 13.4. The average Bonchev–Trinajstić information content (AvgIpc) is 3.20. The van der Waals surface area contributed by atoms with Crippen molar-refractivity contribution in [3.63, 3.8) is 0 Å². The first-order valence-electron chi connectivity index (χ1n) is 8.41. The summed E-state index contributed by atoms with van der Waals surface area (Å²) in [7, 11) is 0. The lowest BCUT2D eigenvalue weighted by Gasteiger charge is -2.14. The van der Waals surface area contributed by atoms with Crippen molar-refractivity contribution in [2.75, 3.05) is 18.8 Å². The van der Waals surface area contributed by atoms with Crippen molar-refractivity contribution in [2.24, 2.45) is 0 Å². The molecule has 2 heterocycles. The van der Waals surface area contributed by atoms with Crippen LogP contribution in [0.1, 0.15) is 28.8 Å². The van der Waals surface area contributed by atoms with E-state index >= 15 is 0 Å². The van der Waals surface area contributed by atoms with E-state index in [0.717, 1.165) is 36.5 Å². The van der Waals surface area contributed by atoms with E-state index in [1.165, 1.54) is 11.8 Å². The van der Waals surface area contributed by atoms with Gasteiger partial charge < -0.3 is 10.2 Å². The summed E-state index contributed by atoms with van der Waals surface area (Å²) < 4.78 is 0. The van der Waals surface area contributed by atoms with Crippen LogP contribution < -0.4 is 5.32 Å². The molecule has 0 unspecified atom stereocenters. The predicted molar refractivity (Wildman–Crippen MR) is 98.4 cm³/mol. The number of hydrogen-bond donors (Lipinski definition) is 1. The summed E-state index contributed by atoms with van der Waals surface area (Å²) in [5, 5.41) is 3.63. The Balaban J connectivity index is 1.45. The van der Waals surface area contributed by atoms with E-state index in [4.69, 9.17) is 0 Å². The second kappa shape index (κ2) is 8.67. The van der Waals surface area contributed by atoms with Gasteiger partial charge in [0.1, 0.15) is 0 Å². The first kappa shape index (κ1) is 17.5. The Morgan fingerprint density at radius 2 is 1.84 bits per heavy atom. The number of nitrogens with zero attached hydrogens (tertiary/aromatic N) is 2. The molecule has 0 aliphatic carbocycles. The van der Waals surface area contributed by atoms with E-state index in [9.17, 15) is 9.59 Å². The topological polar surface area (TPSA) is 62.3 Å². The molecule has 25 heavy (non-hydrogen) atoms. The van der Waals surface area contributed by atoms with Gasteiger partial charge in [0.25, 0.3) is 5.91 Å². The Kier molecular flexibility index (Phi) is 6.06. The van der Waals surface area contributed by atoms with Gasteiger partial charge in [0.05, 0.1) is 16.3 Å². The Morgan fingerprint density at radius 1 is 1.08 bits per heavy atom. The zero-order valence-electron chi connectivity index (χ0n) is 14.0. The predicted octanol–water partition coefficient (Wildman–Crippen LogP) is 2.73. The number of carbonyl (C=O) groups is 2. The smallest absolute Gasteiger partial charge is 0.255 e. The molecule has 1 fully saturated rings. The fourth-order valence-electron chi connectivity index (χ4n) is 2.68. The quantitative estimate of drug-likeness (QED) is 0.810. The standard InChI is InChI=1S/C19H21N3O2S/c23-17(20-12-15-6-2-1-3-7-15)14-25-18-9-8-16(13-21-18)19(24)22-10-4-5-11-22/h1-3,6-9,13H,4-5,10-12,14H2,(H,20,23). The van der Waals surface area contributed by atoms with E-state index in [0.29, 0.717) is 17.9 Å². The molecule has 1 aliphatic rings. The molecule has 1 aromatic carbocycles. The van der Waals surface area contributed by atoms with E-state index in [-0.39, 0.29) is 11.8 Å². The summed E-state index contributed by atoms with van der Waals surface area (Å²) in [6.07, 6.45) is 3.75. The van der Waals surface area contributed by atoms with Crippen LogP contribution in [0.25, 0.3) is 0 Å². The van der Waals surface area contributed by atoms with Crippen LogP contribution in [-0.2, 0) is 11.3 Å². The Labute approximate surface area is 151 Å². The molecule has 0 spiro atoms. The van der Waals surface area contributed by atoms with Gasteiger partial charge in [-0.05, 0) is 30.5 Å². The lowest BCUT2D eigenvalue weighted by molar-refractivity contribution is -0.118. The number of rotatable bonds is 6. The number of nitrogens with one attached hydrogen (secondary N) is 1. The number of benzene rings is 1.